The summed E-state index contributed by atoms with van der Waals surface area (Å²) in [5, 5.41) is 7.27. The van der Waals surface area contributed by atoms with Crippen LogP contribution in [0.2, 0.25) is 0 Å². The van der Waals surface area contributed by atoms with Crippen LogP contribution in [0.1, 0.15) is 148 Å². The summed E-state index contributed by atoms with van der Waals surface area (Å²) in [7, 11) is 4.82. The predicted octanol–water partition coefficient (Wildman–Crippen LogP) is 11.9. The van der Waals surface area contributed by atoms with E-state index in [1.807, 2.05) is 78.9 Å². The number of amides is 2. The van der Waals surface area contributed by atoms with Crippen LogP contribution in [0.4, 0.5) is 0 Å². The van der Waals surface area contributed by atoms with Crippen LogP contribution in [-0.4, -0.2) is 81.6 Å². The fourth-order valence-corrected chi connectivity index (χ4v) is 14.3. The summed E-state index contributed by atoms with van der Waals surface area (Å²) in [5.41, 5.74) is 4.80. The fraction of sp³-hybridized carbons (Fsp3) is 0.607. The Kier molecular flexibility index (Phi) is 17.2. The number of oxime groups is 1. The Morgan fingerprint density at radius 2 is 1.50 bits per heavy atom. The number of methoxy groups -OCH3 is 2. The Bertz CT molecular complexity index is 2320. The zero-order chi connectivity index (χ0) is 51.0. The molecule has 4 aliphatic carbocycles. The zero-order valence-corrected chi connectivity index (χ0v) is 44.6. The van der Waals surface area contributed by atoms with Crippen molar-refractivity contribution in [2.45, 2.75) is 149 Å². The number of benzene rings is 3. The Hall–Kier alpha value is -5.16. The summed E-state index contributed by atoms with van der Waals surface area (Å²) in [4.78, 5) is 47.2. The Morgan fingerprint density at radius 1 is 0.819 bits per heavy atom. The number of carbonyl (C=O) groups excluding carboxylic acids is 3. The van der Waals surface area contributed by atoms with Gasteiger partial charge in [-0.15, -0.1) is 0 Å². The van der Waals surface area contributed by atoms with Gasteiger partial charge < -0.3 is 34.0 Å². The molecule has 9 atom stereocenters. The smallest absolute Gasteiger partial charge is 0.306 e. The molecule has 3 aromatic rings. The Balaban J connectivity index is 0.946. The zero-order valence-electron chi connectivity index (χ0n) is 44.6. The largest absolute Gasteiger partial charge is 0.497 e. The lowest BCUT2D eigenvalue weighted by molar-refractivity contribution is -0.150. The van der Waals surface area contributed by atoms with E-state index in [0.29, 0.717) is 23.3 Å². The van der Waals surface area contributed by atoms with Gasteiger partial charge in [0.05, 0.1) is 52.0 Å². The first-order chi connectivity index (χ1) is 34.7. The molecule has 3 saturated carbocycles. The van der Waals surface area contributed by atoms with E-state index < -0.39 is 23.7 Å². The lowest BCUT2D eigenvalue weighted by atomic mass is 9.47. The van der Waals surface area contributed by atoms with Gasteiger partial charge in [0, 0.05) is 26.3 Å². The van der Waals surface area contributed by atoms with Crippen LogP contribution in [0.5, 0.6) is 11.5 Å². The lowest BCUT2D eigenvalue weighted by Crippen LogP contribution is -2.50. The van der Waals surface area contributed by atoms with Gasteiger partial charge in [0.2, 0.25) is 11.8 Å². The molecule has 0 aromatic heterocycles. The van der Waals surface area contributed by atoms with Crippen LogP contribution in [0.25, 0.3) is 0 Å². The Labute approximate surface area is 430 Å². The number of hydrogen-bond acceptors (Lipinski definition) is 9. The molecule has 11 heteroatoms. The highest BCUT2D eigenvalue weighted by Gasteiger charge is 2.59. The summed E-state index contributed by atoms with van der Waals surface area (Å²) in [6, 6.07) is 25.3. The molecule has 2 amide bonds. The van der Waals surface area contributed by atoms with Crippen molar-refractivity contribution in [3.8, 4) is 11.5 Å². The second-order valence-electron chi connectivity index (χ2n) is 22.7. The second kappa shape index (κ2) is 23.4. The van der Waals surface area contributed by atoms with Gasteiger partial charge in [-0.25, -0.2) is 0 Å². The number of fused-ring (bicyclic) bond motifs is 5. The number of ether oxygens (including phenoxy) is 4. The summed E-state index contributed by atoms with van der Waals surface area (Å²) < 4.78 is 24.3. The van der Waals surface area contributed by atoms with E-state index in [1.165, 1.54) is 51.4 Å². The SMILES string of the molecule is CNC(=O)CCC(=O)O[C@@H]1C[C@@H](COC(c2ccccc2)(c2ccc(OC)cc2)c2ccc(OC)cc2)N(C(=O)CCO/N=C2\CC[C@@]3(C)C(=CCC4C3CC[C@@]3(C)C4CC[C@@H]3[C@H](C)CCCC(C)C)C2)C1. The molecule has 1 aliphatic heterocycles. The third-order valence-corrected chi connectivity index (χ3v) is 18.3. The van der Waals surface area contributed by atoms with Crippen molar-refractivity contribution >= 4 is 23.5 Å². The predicted molar refractivity (Wildman–Crippen MR) is 283 cm³/mol. The number of allylic oxidation sites excluding steroid dienone is 2. The van der Waals surface area contributed by atoms with E-state index in [-0.39, 0.29) is 56.3 Å². The third kappa shape index (κ3) is 11.3. The number of carbonyl (C=O) groups is 3. The van der Waals surface area contributed by atoms with Crippen LogP contribution in [0, 0.1) is 46.3 Å². The minimum absolute atomic E-state index is 0.0244. The average Bonchev–Trinajstić information content (AvgIpc) is 3.97. The van der Waals surface area contributed by atoms with E-state index in [0.717, 1.165) is 77.2 Å². The van der Waals surface area contributed by atoms with Crippen molar-refractivity contribution in [2.75, 3.05) is 41.0 Å². The molecular formula is C61H83N3O8. The van der Waals surface area contributed by atoms with Gasteiger partial charge in [0.25, 0.3) is 0 Å². The Morgan fingerprint density at radius 3 is 2.15 bits per heavy atom. The average molecular weight is 986 g/mol. The van der Waals surface area contributed by atoms with Gasteiger partial charge in [-0.1, -0.05) is 125 Å². The van der Waals surface area contributed by atoms with Crippen LogP contribution < -0.4 is 14.8 Å². The summed E-state index contributed by atoms with van der Waals surface area (Å²) in [6.45, 7) is 13.0. The maximum Gasteiger partial charge on any atom is 0.306 e. The van der Waals surface area contributed by atoms with E-state index in [1.54, 1.807) is 31.7 Å². The molecule has 72 heavy (non-hydrogen) atoms. The number of esters is 1. The number of likely N-dealkylation sites (tertiary alicyclic amines) is 1. The van der Waals surface area contributed by atoms with Crippen LogP contribution >= 0.6 is 0 Å². The van der Waals surface area contributed by atoms with Crippen molar-refractivity contribution in [2.24, 2.45) is 51.5 Å². The maximum absolute atomic E-state index is 14.4. The molecule has 1 saturated heterocycles. The van der Waals surface area contributed by atoms with Crippen molar-refractivity contribution < 1.29 is 38.2 Å². The normalized spacial score (nSPS) is 27.8. The molecule has 0 bridgehead atoms. The van der Waals surface area contributed by atoms with E-state index in [2.05, 4.69) is 46.0 Å². The molecule has 3 aromatic carbocycles. The first-order valence-electron chi connectivity index (χ1n) is 27.3. The molecule has 0 radical (unpaired) electrons. The molecule has 8 rings (SSSR count). The highest BCUT2D eigenvalue weighted by molar-refractivity contribution is 5.88. The minimum atomic E-state index is -1.11. The molecule has 1 N–H and O–H groups in total. The first-order valence-corrected chi connectivity index (χ1v) is 27.3. The molecular weight excluding hydrogens is 903 g/mol. The van der Waals surface area contributed by atoms with E-state index in [9.17, 15) is 14.4 Å². The van der Waals surface area contributed by atoms with Gasteiger partial charge in [0.15, 0.2) is 0 Å². The van der Waals surface area contributed by atoms with Gasteiger partial charge in [-0.05, 0) is 132 Å². The van der Waals surface area contributed by atoms with Crippen LogP contribution in [0.15, 0.2) is 95.7 Å². The maximum atomic E-state index is 14.4. The number of rotatable bonds is 21. The minimum Gasteiger partial charge on any atom is -0.497 e. The van der Waals surface area contributed by atoms with Crippen LogP contribution in [-0.2, 0) is 34.3 Å². The van der Waals surface area contributed by atoms with Crippen molar-refractivity contribution in [1.29, 1.82) is 0 Å². The number of nitrogens with zero attached hydrogens (tertiary/aromatic N) is 2. The molecule has 1 heterocycles. The van der Waals surface area contributed by atoms with Gasteiger partial charge in [0.1, 0.15) is 29.8 Å². The van der Waals surface area contributed by atoms with E-state index >= 15 is 0 Å². The fourth-order valence-electron chi connectivity index (χ4n) is 14.3. The molecule has 3 unspecified atom stereocenters. The van der Waals surface area contributed by atoms with Gasteiger partial charge in [-0.3, -0.25) is 14.4 Å². The molecule has 4 fully saturated rings. The third-order valence-electron chi connectivity index (χ3n) is 18.3. The van der Waals surface area contributed by atoms with Gasteiger partial charge in [-0.2, -0.15) is 0 Å². The highest BCUT2D eigenvalue weighted by atomic mass is 16.6. The van der Waals surface area contributed by atoms with E-state index in [4.69, 9.17) is 28.9 Å². The number of hydrogen-bond donors (Lipinski definition) is 1. The van der Waals surface area contributed by atoms with Crippen molar-refractivity contribution in [3.63, 3.8) is 0 Å². The van der Waals surface area contributed by atoms with Gasteiger partial charge >= 0.3 is 5.97 Å². The topological polar surface area (TPSA) is 125 Å². The standard InChI is InChI=1S/C61H83N3O8/c1-41(2)13-12-14-42(3)53-27-28-54-52-26-21-46-37-47(31-34-59(46,4)55(52)32-35-60(53,54)5)63-71-36-33-57(66)64-39-51(72-58(67)30-29-56(65)62-6)38-48(64)40-70-61(43-15-10-9-11-16-43,44-17-22-49(68-7)23-18-44)45-19-24-50(69-8)25-20-45/h9-11,15-25,41-42,48,51-55H,12-14,26-40H2,1-8H3,(H,62,65)/b63-47+/t42-,48+,51-,52?,53-,54?,55?,59+,60-/m1/s1. The summed E-state index contributed by atoms with van der Waals surface area (Å²) >= 11 is 0. The first kappa shape index (κ1) is 53.1. The highest BCUT2D eigenvalue weighted by Crippen LogP contribution is 2.67. The van der Waals surface area contributed by atoms with Crippen molar-refractivity contribution in [3.05, 3.63) is 107 Å². The molecule has 0 spiro atoms. The molecule has 390 valence electrons. The summed E-state index contributed by atoms with van der Waals surface area (Å²) in [5.74, 6) is 5.35. The molecule has 11 nitrogen and oxygen atoms in total. The number of nitrogens with one attached hydrogen (secondary N) is 1. The van der Waals surface area contributed by atoms with Crippen molar-refractivity contribution in [1.82, 2.24) is 10.2 Å². The molecule has 5 aliphatic rings. The monoisotopic (exact) mass is 986 g/mol. The summed E-state index contributed by atoms with van der Waals surface area (Å²) in [6.07, 6.45) is 16.1. The lowest BCUT2D eigenvalue weighted by Gasteiger charge is -2.58. The van der Waals surface area contributed by atoms with Crippen LogP contribution in [0.3, 0.4) is 0 Å². The quantitative estimate of drug-likeness (QED) is 0.0368. The second-order valence-corrected chi connectivity index (χ2v) is 22.7.